The van der Waals surface area contributed by atoms with Crippen LogP contribution in [0.5, 0.6) is 0 Å². The van der Waals surface area contributed by atoms with Crippen molar-refractivity contribution in [1.82, 2.24) is 19.9 Å². The maximum atomic E-state index is 14.0. The van der Waals surface area contributed by atoms with E-state index in [1.54, 1.807) is 6.20 Å². The number of rotatable bonds is 5. The molecule has 0 bridgehead atoms. The van der Waals surface area contributed by atoms with Crippen molar-refractivity contribution >= 4 is 5.65 Å². The van der Waals surface area contributed by atoms with E-state index in [2.05, 4.69) is 15.5 Å². The zero-order valence-electron chi connectivity index (χ0n) is 17.0. The van der Waals surface area contributed by atoms with E-state index in [1.165, 1.54) is 22.6 Å². The third kappa shape index (κ3) is 4.42. The summed E-state index contributed by atoms with van der Waals surface area (Å²) in [6, 6.07) is 5.12. The highest BCUT2D eigenvalue weighted by molar-refractivity contribution is 5.53. The van der Waals surface area contributed by atoms with Crippen molar-refractivity contribution in [3.05, 3.63) is 64.6 Å². The molecule has 0 radical (unpaired) electrons. The van der Waals surface area contributed by atoms with Crippen molar-refractivity contribution in [3.8, 4) is 0 Å². The zero-order valence-corrected chi connectivity index (χ0v) is 17.0. The van der Waals surface area contributed by atoms with Crippen LogP contribution in [-0.2, 0) is 19.1 Å². The first-order valence-electron chi connectivity index (χ1n) is 10.4. The molecule has 0 atom stereocenters. The average Bonchev–Trinajstić information content (AvgIpc) is 3.14. The van der Waals surface area contributed by atoms with E-state index in [4.69, 9.17) is 0 Å². The third-order valence-electron chi connectivity index (χ3n) is 6.05. The quantitative estimate of drug-likeness (QED) is 0.542. The molecule has 0 aliphatic heterocycles. The maximum absolute atomic E-state index is 14.0. The highest BCUT2D eigenvalue weighted by Crippen LogP contribution is 2.36. The Kier molecular flexibility index (Phi) is 5.96. The SMILES string of the molecule is CCc1nnc2c(C(F)(F)F)c(CNC3CCC(c4ccc(F)cc4F)CC3)ccn12. The van der Waals surface area contributed by atoms with E-state index in [0.717, 1.165) is 6.07 Å². The van der Waals surface area contributed by atoms with Gasteiger partial charge in [-0.05, 0) is 54.9 Å². The predicted molar refractivity (Wildman–Crippen MR) is 106 cm³/mol. The van der Waals surface area contributed by atoms with Gasteiger partial charge in [0.2, 0.25) is 0 Å². The van der Waals surface area contributed by atoms with Crippen LogP contribution in [0, 0.1) is 11.6 Å². The lowest BCUT2D eigenvalue weighted by molar-refractivity contribution is -0.137. The van der Waals surface area contributed by atoms with E-state index < -0.39 is 23.4 Å². The topological polar surface area (TPSA) is 42.2 Å². The van der Waals surface area contributed by atoms with Crippen molar-refractivity contribution in [1.29, 1.82) is 0 Å². The summed E-state index contributed by atoms with van der Waals surface area (Å²) < 4.78 is 69.9. The smallest absolute Gasteiger partial charge is 0.310 e. The fourth-order valence-electron chi connectivity index (χ4n) is 4.43. The van der Waals surface area contributed by atoms with Crippen LogP contribution in [0.15, 0.2) is 30.5 Å². The summed E-state index contributed by atoms with van der Waals surface area (Å²) >= 11 is 0. The van der Waals surface area contributed by atoms with Crippen molar-refractivity contribution < 1.29 is 22.0 Å². The Morgan fingerprint density at radius 3 is 2.45 bits per heavy atom. The van der Waals surface area contributed by atoms with Gasteiger partial charge in [-0.3, -0.25) is 4.40 Å². The molecule has 31 heavy (non-hydrogen) atoms. The van der Waals surface area contributed by atoms with Crippen LogP contribution in [0.4, 0.5) is 22.0 Å². The molecule has 0 spiro atoms. The molecule has 2 heterocycles. The van der Waals surface area contributed by atoms with E-state index in [9.17, 15) is 22.0 Å². The minimum absolute atomic E-state index is 0.0100. The molecule has 0 amide bonds. The summed E-state index contributed by atoms with van der Waals surface area (Å²) in [5.74, 6) is -0.678. The molecule has 1 aliphatic carbocycles. The molecule has 2 aromatic heterocycles. The Hall–Kier alpha value is -2.55. The number of pyridine rings is 1. The number of aromatic nitrogens is 3. The summed E-state index contributed by atoms with van der Waals surface area (Å²) in [5.41, 5.74) is -0.319. The summed E-state index contributed by atoms with van der Waals surface area (Å²) in [6.07, 6.45) is 0.300. The van der Waals surface area contributed by atoms with Gasteiger partial charge in [0.05, 0.1) is 0 Å². The number of hydrogen-bond acceptors (Lipinski definition) is 3. The zero-order chi connectivity index (χ0) is 22.2. The van der Waals surface area contributed by atoms with Crippen molar-refractivity contribution in [2.45, 2.75) is 63.7 Å². The molecule has 1 N–H and O–H groups in total. The van der Waals surface area contributed by atoms with E-state index in [0.29, 0.717) is 43.5 Å². The van der Waals surface area contributed by atoms with Crippen molar-refractivity contribution in [3.63, 3.8) is 0 Å². The number of alkyl halides is 3. The Bertz CT molecular complexity index is 1070. The molecule has 1 aliphatic rings. The second-order valence-corrected chi connectivity index (χ2v) is 7.97. The van der Waals surface area contributed by atoms with Gasteiger partial charge >= 0.3 is 6.18 Å². The fourth-order valence-corrected chi connectivity index (χ4v) is 4.43. The number of benzene rings is 1. The minimum atomic E-state index is -4.55. The van der Waals surface area contributed by atoms with Crippen LogP contribution < -0.4 is 5.32 Å². The molecule has 0 saturated heterocycles. The molecule has 4 nitrogen and oxygen atoms in total. The van der Waals surface area contributed by atoms with Crippen LogP contribution in [0.2, 0.25) is 0 Å². The molecule has 0 unspecified atom stereocenters. The second kappa shape index (κ2) is 8.53. The van der Waals surface area contributed by atoms with Gasteiger partial charge in [-0.15, -0.1) is 10.2 Å². The number of fused-ring (bicyclic) bond motifs is 1. The monoisotopic (exact) mass is 438 g/mol. The molecule has 166 valence electrons. The normalized spacial score (nSPS) is 19.8. The van der Waals surface area contributed by atoms with Crippen LogP contribution in [0.3, 0.4) is 0 Å². The summed E-state index contributed by atoms with van der Waals surface area (Å²) in [6.45, 7) is 1.87. The minimum Gasteiger partial charge on any atom is -0.310 e. The fraction of sp³-hybridized carbons (Fsp3) is 0.455. The number of nitrogens with zero attached hydrogens (tertiary/aromatic N) is 3. The van der Waals surface area contributed by atoms with E-state index in [1.807, 2.05) is 6.92 Å². The summed E-state index contributed by atoms with van der Waals surface area (Å²) in [5, 5.41) is 10.9. The largest absolute Gasteiger partial charge is 0.420 e. The van der Waals surface area contributed by atoms with Gasteiger partial charge < -0.3 is 5.32 Å². The Labute approximate surface area is 176 Å². The molecule has 1 saturated carbocycles. The first-order valence-corrected chi connectivity index (χ1v) is 10.4. The van der Waals surface area contributed by atoms with Gasteiger partial charge in [-0.2, -0.15) is 13.2 Å². The summed E-state index contributed by atoms with van der Waals surface area (Å²) in [4.78, 5) is 0. The highest BCUT2D eigenvalue weighted by atomic mass is 19.4. The molecular weight excluding hydrogens is 415 g/mol. The first-order chi connectivity index (χ1) is 14.8. The van der Waals surface area contributed by atoms with Gasteiger partial charge in [0, 0.05) is 31.3 Å². The Morgan fingerprint density at radius 1 is 1.06 bits per heavy atom. The van der Waals surface area contributed by atoms with Gasteiger partial charge in [0.15, 0.2) is 5.65 Å². The first kappa shape index (κ1) is 21.7. The van der Waals surface area contributed by atoms with Crippen LogP contribution in [0.25, 0.3) is 5.65 Å². The lowest BCUT2D eigenvalue weighted by Gasteiger charge is -2.30. The molecule has 1 aromatic carbocycles. The molecule has 1 fully saturated rings. The Morgan fingerprint density at radius 2 is 1.81 bits per heavy atom. The van der Waals surface area contributed by atoms with E-state index >= 15 is 0 Å². The summed E-state index contributed by atoms with van der Waals surface area (Å²) in [7, 11) is 0. The van der Waals surface area contributed by atoms with Gasteiger partial charge in [0.25, 0.3) is 0 Å². The highest BCUT2D eigenvalue weighted by Gasteiger charge is 2.37. The lowest BCUT2D eigenvalue weighted by Crippen LogP contribution is -2.33. The van der Waals surface area contributed by atoms with Gasteiger partial charge in [0.1, 0.15) is 23.0 Å². The van der Waals surface area contributed by atoms with Crippen molar-refractivity contribution in [2.75, 3.05) is 0 Å². The molecule has 3 aromatic rings. The lowest BCUT2D eigenvalue weighted by atomic mass is 9.81. The van der Waals surface area contributed by atoms with Crippen LogP contribution >= 0.6 is 0 Å². The standard InChI is InChI=1S/C22H23F5N4/c1-2-19-29-30-21-20(22(25,26)27)14(9-10-31(19)21)12-28-16-6-3-13(4-7-16)17-8-5-15(23)11-18(17)24/h5,8-11,13,16,28H,2-4,6-7,12H2,1H3. The molecule has 9 heteroatoms. The second-order valence-electron chi connectivity index (χ2n) is 7.97. The van der Waals surface area contributed by atoms with Crippen LogP contribution in [-0.4, -0.2) is 20.6 Å². The maximum Gasteiger partial charge on any atom is 0.420 e. The predicted octanol–water partition coefficient (Wildman–Crippen LogP) is 5.40. The van der Waals surface area contributed by atoms with Crippen LogP contribution in [0.1, 0.15) is 61.0 Å². The van der Waals surface area contributed by atoms with E-state index in [-0.39, 0.29) is 29.7 Å². The average molecular weight is 438 g/mol. The van der Waals surface area contributed by atoms with Gasteiger partial charge in [-0.1, -0.05) is 13.0 Å². The number of aryl methyl sites for hydroxylation is 1. The third-order valence-corrected chi connectivity index (χ3v) is 6.05. The van der Waals surface area contributed by atoms with Gasteiger partial charge in [-0.25, -0.2) is 8.78 Å². The number of nitrogens with one attached hydrogen (secondary N) is 1. The Balaban J connectivity index is 1.45. The van der Waals surface area contributed by atoms with Crippen molar-refractivity contribution in [2.24, 2.45) is 0 Å². The number of hydrogen-bond donors (Lipinski definition) is 1. The number of halogens is 5. The molecule has 4 rings (SSSR count). The molecular formula is C22H23F5N4.